The summed E-state index contributed by atoms with van der Waals surface area (Å²) in [5.74, 6) is 0.357. The Morgan fingerprint density at radius 3 is 2.47 bits per heavy atom. The molecule has 0 aliphatic carbocycles. The van der Waals surface area contributed by atoms with Crippen molar-refractivity contribution in [2.45, 2.75) is 39.2 Å². The van der Waals surface area contributed by atoms with Crippen LogP contribution >= 0.6 is 0 Å². The van der Waals surface area contributed by atoms with Crippen molar-refractivity contribution < 1.29 is 29.3 Å². The number of aryl methyl sites for hydroxylation is 1. The van der Waals surface area contributed by atoms with Crippen LogP contribution in [0.3, 0.4) is 0 Å². The first-order valence-electron chi connectivity index (χ1n) is 10.0. The Kier molecular flexibility index (Phi) is 11.6. The van der Waals surface area contributed by atoms with Crippen LogP contribution in [0.1, 0.15) is 36.9 Å². The minimum absolute atomic E-state index is 0.123. The van der Waals surface area contributed by atoms with E-state index in [4.69, 9.17) is 24.5 Å². The highest BCUT2D eigenvalue weighted by Crippen LogP contribution is 2.41. The maximum Gasteiger partial charge on any atom is 0.290 e. The van der Waals surface area contributed by atoms with Crippen LogP contribution in [0.4, 0.5) is 0 Å². The van der Waals surface area contributed by atoms with Crippen LogP contribution in [-0.4, -0.2) is 83.7 Å². The number of likely N-dealkylation sites (tertiary alicyclic amines) is 2. The minimum atomic E-state index is -0.250. The molecule has 9 nitrogen and oxygen atoms in total. The molecular weight excluding hydrogens is 390 g/mol. The van der Waals surface area contributed by atoms with Crippen molar-refractivity contribution in [1.29, 1.82) is 0 Å². The molecule has 0 saturated carbocycles. The third-order valence-corrected chi connectivity index (χ3v) is 5.69. The molecule has 1 atom stereocenters. The Hall–Kier alpha value is -2.52. The number of hydrogen-bond acceptors (Lipinski definition) is 6. The summed E-state index contributed by atoms with van der Waals surface area (Å²) in [4.78, 5) is 38.6. The van der Waals surface area contributed by atoms with Crippen molar-refractivity contribution in [3.63, 3.8) is 0 Å². The molecule has 1 unspecified atom stereocenters. The van der Waals surface area contributed by atoms with Crippen LogP contribution in [0.25, 0.3) is 0 Å². The fraction of sp³-hybridized carbons (Fsp3) is 0.619. The molecule has 0 aromatic carbocycles. The second kappa shape index (κ2) is 13.7. The van der Waals surface area contributed by atoms with Crippen molar-refractivity contribution >= 4 is 18.9 Å². The van der Waals surface area contributed by atoms with Crippen LogP contribution < -0.4 is 0 Å². The Bertz CT molecular complexity index is 666. The molecule has 1 aromatic rings. The summed E-state index contributed by atoms with van der Waals surface area (Å²) >= 11 is 0. The van der Waals surface area contributed by atoms with E-state index < -0.39 is 0 Å². The van der Waals surface area contributed by atoms with Crippen molar-refractivity contribution in [2.75, 3.05) is 39.9 Å². The Morgan fingerprint density at radius 2 is 1.83 bits per heavy atom. The average Bonchev–Trinajstić information content (AvgIpc) is 2.89. The van der Waals surface area contributed by atoms with Crippen LogP contribution in [0.2, 0.25) is 0 Å². The Labute approximate surface area is 177 Å². The third kappa shape index (κ3) is 7.38. The van der Waals surface area contributed by atoms with Gasteiger partial charge in [-0.25, -0.2) is 0 Å². The molecule has 2 saturated heterocycles. The first-order chi connectivity index (χ1) is 14.5. The number of carbonyl (C=O) groups excluding carboxylic acids is 1. The zero-order valence-electron chi connectivity index (χ0n) is 17.8. The van der Waals surface area contributed by atoms with Gasteiger partial charge in [0.1, 0.15) is 0 Å². The number of amides is 1. The van der Waals surface area contributed by atoms with Gasteiger partial charge in [-0.3, -0.25) is 24.3 Å². The molecule has 0 radical (unpaired) electrons. The summed E-state index contributed by atoms with van der Waals surface area (Å²) in [6.45, 7) is 6.81. The van der Waals surface area contributed by atoms with E-state index >= 15 is 0 Å². The van der Waals surface area contributed by atoms with Gasteiger partial charge in [0.25, 0.3) is 12.9 Å². The van der Waals surface area contributed by atoms with Gasteiger partial charge in [-0.05, 0) is 57.3 Å². The van der Waals surface area contributed by atoms with Gasteiger partial charge in [-0.2, -0.15) is 0 Å². The lowest BCUT2D eigenvalue weighted by Gasteiger charge is -2.26. The summed E-state index contributed by atoms with van der Waals surface area (Å²) in [5.41, 5.74) is 2.29. The predicted molar refractivity (Wildman–Crippen MR) is 111 cm³/mol. The van der Waals surface area contributed by atoms with Gasteiger partial charge in [-0.1, -0.05) is 6.07 Å². The van der Waals surface area contributed by atoms with E-state index in [0.29, 0.717) is 12.5 Å². The summed E-state index contributed by atoms with van der Waals surface area (Å²) in [6, 6.07) is 4.11. The fourth-order valence-electron chi connectivity index (χ4n) is 4.08. The minimum Gasteiger partial charge on any atom is -0.483 e. The van der Waals surface area contributed by atoms with Gasteiger partial charge in [-0.15, -0.1) is 0 Å². The number of carboxylic acid groups (broad SMARTS) is 2. The number of methoxy groups -OCH3 is 1. The predicted octanol–water partition coefficient (Wildman–Crippen LogP) is 1.64. The molecule has 2 aliphatic heterocycles. The van der Waals surface area contributed by atoms with E-state index in [1.165, 1.54) is 5.56 Å². The molecule has 3 rings (SSSR count). The lowest BCUT2D eigenvalue weighted by Crippen LogP contribution is -2.37. The topological polar surface area (TPSA) is 120 Å². The maximum absolute atomic E-state index is 12.9. The van der Waals surface area contributed by atoms with Crippen LogP contribution in [0.15, 0.2) is 18.3 Å². The number of rotatable bonds is 5. The molecule has 1 spiro atoms. The number of pyridine rings is 1. The average molecular weight is 424 g/mol. The van der Waals surface area contributed by atoms with Gasteiger partial charge in [0.2, 0.25) is 5.91 Å². The van der Waals surface area contributed by atoms with Gasteiger partial charge < -0.3 is 19.8 Å². The molecule has 2 fully saturated rings. The molecule has 1 amide bonds. The number of aromatic nitrogens is 1. The maximum atomic E-state index is 12.9. The lowest BCUT2D eigenvalue weighted by atomic mass is 9.79. The molecule has 30 heavy (non-hydrogen) atoms. The van der Waals surface area contributed by atoms with E-state index in [2.05, 4.69) is 22.9 Å². The fourth-order valence-corrected chi connectivity index (χ4v) is 4.08. The highest BCUT2D eigenvalue weighted by atomic mass is 16.5. The van der Waals surface area contributed by atoms with E-state index in [1.54, 1.807) is 7.11 Å². The molecule has 0 bridgehead atoms. The monoisotopic (exact) mass is 423 g/mol. The second-order valence-corrected chi connectivity index (χ2v) is 7.42. The first kappa shape index (κ1) is 25.5. The standard InChI is InChI=1S/C19H29N3O2.2CH2O2/c1-16-5-3-9-20-17(16)15-21-10-4-6-19(7-11-21)8-12-22(18(19)23)13-14-24-2;2*2-1-3/h3,5,9H,4,6-8,10-15H2,1-2H3;2*1H,(H,2,3). The third-order valence-electron chi connectivity index (χ3n) is 5.69. The smallest absolute Gasteiger partial charge is 0.290 e. The van der Waals surface area contributed by atoms with Crippen LogP contribution in [-0.2, 0) is 25.7 Å². The quantitative estimate of drug-likeness (QED) is 0.686. The largest absolute Gasteiger partial charge is 0.483 e. The van der Waals surface area contributed by atoms with E-state index in [-0.39, 0.29) is 18.4 Å². The molecule has 2 aliphatic rings. The van der Waals surface area contributed by atoms with Gasteiger partial charge in [0, 0.05) is 32.9 Å². The van der Waals surface area contributed by atoms with Gasteiger partial charge in [0.15, 0.2) is 0 Å². The molecule has 9 heteroatoms. The molecule has 1 aromatic heterocycles. The van der Waals surface area contributed by atoms with Crippen LogP contribution in [0, 0.1) is 12.3 Å². The number of carbonyl (C=O) groups is 3. The summed E-state index contributed by atoms with van der Waals surface area (Å²) < 4.78 is 5.14. The Balaban J connectivity index is 0.000000672. The Morgan fingerprint density at radius 1 is 1.17 bits per heavy atom. The number of ether oxygens (including phenoxy) is 1. The molecular formula is C21H33N3O6. The summed E-state index contributed by atoms with van der Waals surface area (Å²) in [5, 5.41) is 13.8. The van der Waals surface area contributed by atoms with E-state index in [1.807, 2.05) is 17.2 Å². The van der Waals surface area contributed by atoms with Crippen molar-refractivity contribution in [1.82, 2.24) is 14.8 Å². The van der Waals surface area contributed by atoms with Crippen molar-refractivity contribution in [3.05, 3.63) is 29.6 Å². The molecule has 2 N–H and O–H groups in total. The van der Waals surface area contributed by atoms with Crippen molar-refractivity contribution in [3.8, 4) is 0 Å². The SMILES string of the molecule is COCCN1CCC2(CCCN(Cc3ncccc3C)CC2)C1=O.O=CO.O=CO. The van der Waals surface area contributed by atoms with Crippen molar-refractivity contribution in [2.24, 2.45) is 5.41 Å². The number of nitrogens with zero attached hydrogens (tertiary/aromatic N) is 3. The summed E-state index contributed by atoms with van der Waals surface area (Å²) in [7, 11) is 1.69. The zero-order chi connectivity index (χ0) is 22.4. The van der Waals surface area contributed by atoms with E-state index in [0.717, 1.165) is 64.1 Å². The normalized spacial score (nSPS) is 21.1. The van der Waals surface area contributed by atoms with Gasteiger partial charge >= 0.3 is 0 Å². The highest BCUT2D eigenvalue weighted by Gasteiger charge is 2.46. The molecule has 3 heterocycles. The zero-order valence-corrected chi connectivity index (χ0v) is 17.8. The summed E-state index contributed by atoms with van der Waals surface area (Å²) in [6.07, 6.45) is 5.96. The highest BCUT2D eigenvalue weighted by molar-refractivity contribution is 5.84. The second-order valence-electron chi connectivity index (χ2n) is 7.42. The van der Waals surface area contributed by atoms with Crippen LogP contribution in [0.5, 0.6) is 0 Å². The van der Waals surface area contributed by atoms with E-state index in [9.17, 15) is 4.79 Å². The lowest BCUT2D eigenvalue weighted by molar-refractivity contribution is -0.137. The molecule has 168 valence electrons. The number of hydrogen-bond donors (Lipinski definition) is 2. The first-order valence-corrected chi connectivity index (χ1v) is 10.0. The van der Waals surface area contributed by atoms with Gasteiger partial charge in [0.05, 0.1) is 17.7 Å².